The molecule has 0 bridgehead atoms. The SMILES string of the molecule is Cc1ccc(-c2csc(C3CC(C(=O)Nc4ccc(F)c(Cl)c4)N(C)S(=O)(=O)N3)c2)cn1. The van der Waals surface area contributed by atoms with E-state index in [2.05, 4.69) is 15.0 Å². The number of halogens is 2. The molecular weight excluding hydrogens is 475 g/mol. The van der Waals surface area contributed by atoms with Crippen LogP contribution in [0.1, 0.15) is 23.0 Å². The van der Waals surface area contributed by atoms with Crippen LogP contribution >= 0.6 is 22.9 Å². The molecule has 3 aromatic rings. The number of nitrogens with one attached hydrogen (secondary N) is 2. The van der Waals surface area contributed by atoms with Gasteiger partial charge >= 0.3 is 0 Å². The van der Waals surface area contributed by atoms with Crippen LogP contribution in [0.25, 0.3) is 11.1 Å². The average molecular weight is 495 g/mol. The Labute approximate surface area is 194 Å². The molecule has 0 saturated carbocycles. The van der Waals surface area contributed by atoms with Crippen LogP contribution in [-0.4, -0.2) is 36.7 Å². The van der Waals surface area contributed by atoms with Crippen molar-refractivity contribution in [2.75, 3.05) is 12.4 Å². The van der Waals surface area contributed by atoms with Gasteiger partial charge in [-0.3, -0.25) is 9.78 Å². The van der Waals surface area contributed by atoms with E-state index in [1.807, 2.05) is 30.5 Å². The molecule has 1 amide bonds. The van der Waals surface area contributed by atoms with Crippen LogP contribution in [0.3, 0.4) is 0 Å². The first-order chi connectivity index (χ1) is 15.1. The minimum Gasteiger partial charge on any atom is -0.325 e. The molecule has 168 valence electrons. The Kier molecular flexibility index (Phi) is 6.33. The smallest absolute Gasteiger partial charge is 0.280 e. The van der Waals surface area contributed by atoms with Crippen LogP contribution in [0.15, 0.2) is 48.0 Å². The normalized spacial score (nSPS) is 20.8. The molecule has 4 rings (SSSR count). The fourth-order valence-electron chi connectivity index (χ4n) is 3.42. The number of aryl methyl sites for hydroxylation is 1. The van der Waals surface area contributed by atoms with E-state index < -0.39 is 34.0 Å². The van der Waals surface area contributed by atoms with Gasteiger partial charge in [0.2, 0.25) is 5.91 Å². The van der Waals surface area contributed by atoms with Crippen molar-refractivity contribution >= 4 is 44.7 Å². The van der Waals surface area contributed by atoms with Crippen LogP contribution in [0.2, 0.25) is 5.02 Å². The molecule has 0 spiro atoms. The number of amides is 1. The number of carbonyl (C=O) groups excluding carboxylic acids is 1. The summed E-state index contributed by atoms with van der Waals surface area (Å²) >= 11 is 7.19. The Morgan fingerprint density at radius 3 is 2.75 bits per heavy atom. The zero-order valence-corrected chi connectivity index (χ0v) is 19.6. The predicted octanol–water partition coefficient (Wildman–Crippen LogP) is 4.13. The van der Waals surface area contributed by atoms with Crippen LogP contribution in [0, 0.1) is 12.7 Å². The van der Waals surface area contributed by atoms with E-state index in [1.165, 1.54) is 30.5 Å². The van der Waals surface area contributed by atoms with Gasteiger partial charge in [0.05, 0.1) is 11.1 Å². The lowest BCUT2D eigenvalue weighted by atomic mass is 10.0. The van der Waals surface area contributed by atoms with Crippen LogP contribution < -0.4 is 10.0 Å². The topological polar surface area (TPSA) is 91.4 Å². The van der Waals surface area contributed by atoms with Gasteiger partial charge in [-0.1, -0.05) is 17.7 Å². The molecule has 1 aromatic carbocycles. The molecule has 1 fully saturated rings. The Morgan fingerprint density at radius 2 is 2.06 bits per heavy atom. The van der Waals surface area contributed by atoms with Crippen molar-refractivity contribution in [1.29, 1.82) is 0 Å². The summed E-state index contributed by atoms with van der Waals surface area (Å²) in [6, 6.07) is 8.03. The highest BCUT2D eigenvalue weighted by Crippen LogP contribution is 2.35. The second-order valence-corrected chi connectivity index (χ2v) is 10.6. The van der Waals surface area contributed by atoms with E-state index in [9.17, 15) is 17.6 Å². The van der Waals surface area contributed by atoms with Crippen molar-refractivity contribution < 1.29 is 17.6 Å². The van der Waals surface area contributed by atoms with E-state index in [-0.39, 0.29) is 17.1 Å². The zero-order chi connectivity index (χ0) is 23.0. The molecular formula is C21H20ClFN4O3S2. The van der Waals surface area contributed by atoms with Crippen molar-refractivity contribution in [3.8, 4) is 11.1 Å². The summed E-state index contributed by atoms with van der Waals surface area (Å²) in [5.74, 6) is -1.13. The highest BCUT2D eigenvalue weighted by molar-refractivity contribution is 7.87. The summed E-state index contributed by atoms with van der Waals surface area (Å²) in [6.45, 7) is 1.90. The number of carbonyl (C=O) groups is 1. The number of anilines is 1. The third-order valence-corrected chi connectivity index (χ3v) is 8.20. The second-order valence-electron chi connectivity index (χ2n) is 7.49. The molecule has 7 nitrogen and oxygen atoms in total. The van der Waals surface area contributed by atoms with Gasteiger partial charge < -0.3 is 5.32 Å². The summed E-state index contributed by atoms with van der Waals surface area (Å²) in [6.07, 6.45) is 1.99. The number of hydrogen-bond donors (Lipinski definition) is 2. The van der Waals surface area contributed by atoms with E-state index in [1.54, 1.807) is 6.20 Å². The summed E-state index contributed by atoms with van der Waals surface area (Å²) in [7, 11) is -2.54. The number of aromatic nitrogens is 1. The van der Waals surface area contributed by atoms with Crippen LogP contribution in [0.5, 0.6) is 0 Å². The summed E-state index contributed by atoms with van der Waals surface area (Å²) in [5, 5.41) is 4.43. The molecule has 2 N–H and O–H groups in total. The fourth-order valence-corrected chi connectivity index (χ4v) is 5.92. The first-order valence-electron chi connectivity index (χ1n) is 9.67. The van der Waals surface area contributed by atoms with E-state index in [0.29, 0.717) is 0 Å². The first kappa shape index (κ1) is 22.8. The molecule has 0 aliphatic carbocycles. The summed E-state index contributed by atoms with van der Waals surface area (Å²) < 4.78 is 42.4. The van der Waals surface area contributed by atoms with Gasteiger partial charge in [-0.25, -0.2) is 4.39 Å². The summed E-state index contributed by atoms with van der Waals surface area (Å²) in [5.41, 5.74) is 3.05. The maximum Gasteiger partial charge on any atom is 0.280 e. The molecule has 1 aliphatic heterocycles. The number of thiophene rings is 1. The van der Waals surface area contributed by atoms with Gasteiger partial charge in [0.1, 0.15) is 11.9 Å². The molecule has 32 heavy (non-hydrogen) atoms. The number of pyridine rings is 1. The predicted molar refractivity (Wildman–Crippen MR) is 123 cm³/mol. The molecule has 2 atom stereocenters. The van der Waals surface area contributed by atoms with Gasteiger partial charge in [-0.05, 0) is 54.6 Å². The zero-order valence-electron chi connectivity index (χ0n) is 17.2. The van der Waals surface area contributed by atoms with Gasteiger partial charge in [-0.2, -0.15) is 17.4 Å². The minimum atomic E-state index is -3.89. The van der Waals surface area contributed by atoms with E-state index >= 15 is 0 Å². The van der Waals surface area contributed by atoms with Crippen molar-refractivity contribution in [1.82, 2.24) is 14.0 Å². The Bertz CT molecular complexity index is 1260. The largest absolute Gasteiger partial charge is 0.325 e. The Morgan fingerprint density at radius 1 is 1.28 bits per heavy atom. The molecule has 1 saturated heterocycles. The maximum atomic E-state index is 13.4. The first-order valence-corrected chi connectivity index (χ1v) is 12.4. The number of benzene rings is 1. The molecule has 3 heterocycles. The van der Waals surface area contributed by atoms with E-state index in [0.717, 1.165) is 32.1 Å². The van der Waals surface area contributed by atoms with Crippen molar-refractivity contribution in [2.45, 2.75) is 25.4 Å². The fraction of sp³-hybridized carbons (Fsp3) is 0.238. The minimum absolute atomic E-state index is 0.135. The molecule has 1 aliphatic rings. The Hall–Kier alpha value is -2.37. The highest BCUT2D eigenvalue weighted by Gasteiger charge is 2.41. The lowest BCUT2D eigenvalue weighted by Crippen LogP contribution is -2.55. The van der Waals surface area contributed by atoms with Crippen molar-refractivity contribution in [2.24, 2.45) is 0 Å². The molecule has 11 heteroatoms. The average Bonchev–Trinajstić information content (AvgIpc) is 3.23. The molecule has 2 aromatic heterocycles. The van der Waals surface area contributed by atoms with Gasteiger partial charge in [0, 0.05) is 35.1 Å². The third-order valence-electron chi connectivity index (χ3n) is 5.27. The number of hydrogen-bond acceptors (Lipinski definition) is 5. The molecule has 0 radical (unpaired) electrons. The lowest BCUT2D eigenvalue weighted by molar-refractivity contribution is -0.120. The van der Waals surface area contributed by atoms with Crippen LogP contribution in [-0.2, 0) is 15.0 Å². The maximum absolute atomic E-state index is 13.4. The van der Waals surface area contributed by atoms with Gasteiger partial charge in [-0.15, -0.1) is 11.3 Å². The monoisotopic (exact) mass is 494 g/mol. The lowest BCUT2D eigenvalue weighted by Gasteiger charge is -2.35. The quantitative estimate of drug-likeness (QED) is 0.570. The molecule has 2 unspecified atom stereocenters. The van der Waals surface area contributed by atoms with E-state index in [4.69, 9.17) is 11.6 Å². The van der Waals surface area contributed by atoms with Gasteiger partial charge in [0.15, 0.2) is 0 Å². The standard InChI is InChI=1S/C21H20ClFN4O3S2/c1-12-3-4-13(10-24-12)14-7-20(31-11-14)18-9-19(27(2)32(29,30)26-18)21(28)25-15-5-6-17(23)16(22)8-15/h3-8,10-11,18-19,26H,9H2,1-2H3,(H,25,28). The van der Waals surface area contributed by atoms with Gasteiger partial charge in [0.25, 0.3) is 10.2 Å². The highest BCUT2D eigenvalue weighted by atomic mass is 35.5. The second kappa shape index (κ2) is 8.87. The van der Waals surface area contributed by atoms with Crippen molar-refractivity contribution in [3.63, 3.8) is 0 Å². The number of likely N-dealkylation sites (N-methyl/N-ethyl adjacent to an activating group) is 1. The summed E-state index contributed by atoms with van der Waals surface area (Å²) in [4.78, 5) is 18.0. The van der Waals surface area contributed by atoms with Crippen molar-refractivity contribution in [3.05, 3.63) is 69.4 Å². The number of rotatable bonds is 4. The number of nitrogens with zero attached hydrogens (tertiary/aromatic N) is 2. The Balaban J connectivity index is 1.56. The van der Waals surface area contributed by atoms with Crippen LogP contribution in [0.4, 0.5) is 10.1 Å². The third kappa shape index (κ3) is 4.69.